The summed E-state index contributed by atoms with van der Waals surface area (Å²) in [7, 11) is 1.89. The molecule has 2 heterocycles. The van der Waals surface area contributed by atoms with E-state index in [2.05, 4.69) is 22.9 Å². The smallest absolute Gasteiger partial charge is 0.270 e. The lowest BCUT2D eigenvalue weighted by molar-refractivity contribution is 0.0609. The molecule has 4 nitrogen and oxygen atoms in total. The van der Waals surface area contributed by atoms with Gasteiger partial charge in [0.1, 0.15) is 5.69 Å². The molecule has 1 aromatic rings. The molecule has 1 saturated heterocycles. The van der Waals surface area contributed by atoms with Crippen LogP contribution in [0.5, 0.6) is 0 Å². The lowest BCUT2D eigenvalue weighted by atomic mass is 9.99. The standard InChI is InChI=1S/C12H18BrN3O/c1-8-5-10(14)3-4-16(8)12(17)11-6-9(13)7-15(11)2/h6-8,10H,3-5,14H2,1-2H3. The molecule has 1 aliphatic heterocycles. The van der Waals surface area contributed by atoms with Crippen molar-refractivity contribution < 1.29 is 4.79 Å². The van der Waals surface area contributed by atoms with Gasteiger partial charge in [0.05, 0.1) is 0 Å². The van der Waals surface area contributed by atoms with E-state index in [4.69, 9.17) is 5.73 Å². The summed E-state index contributed by atoms with van der Waals surface area (Å²) in [5.41, 5.74) is 6.63. The zero-order chi connectivity index (χ0) is 12.6. The van der Waals surface area contributed by atoms with Gasteiger partial charge in [-0.2, -0.15) is 0 Å². The second kappa shape index (κ2) is 4.82. The number of piperidine rings is 1. The van der Waals surface area contributed by atoms with Gasteiger partial charge in [0, 0.05) is 36.3 Å². The SMILES string of the molecule is CC1CC(N)CCN1C(=O)c1cc(Br)cn1C. The second-order valence-corrected chi connectivity index (χ2v) is 5.70. The van der Waals surface area contributed by atoms with Crippen LogP contribution in [-0.2, 0) is 7.05 Å². The number of rotatable bonds is 1. The van der Waals surface area contributed by atoms with E-state index in [-0.39, 0.29) is 18.0 Å². The molecular formula is C12H18BrN3O. The van der Waals surface area contributed by atoms with Crippen LogP contribution in [0.3, 0.4) is 0 Å². The van der Waals surface area contributed by atoms with Crippen LogP contribution >= 0.6 is 15.9 Å². The van der Waals surface area contributed by atoms with Gasteiger partial charge in [-0.15, -0.1) is 0 Å². The van der Waals surface area contributed by atoms with Gasteiger partial charge in [-0.3, -0.25) is 4.79 Å². The third kappa shape index (κ3) is 2.55. The van der Waals surface area contributed by atoms with Crippen molar-refractivity contribution in [2.45, 2.75) is 31.8 Å². The van der Waals surface area contributed by atoms with Crippen molar-refractivity contribution in [1.29, 1.82) is 0 Å². The molecule has 2 atom stereocenters. The van der Waals surface area contributed by atoms with Crippen LogP contribution in [0, 0.1) is 0 Å². The molecule has 0 spiro atoms. The number of carbonyl (C=O) groups excluding carboxylic acids is 1. The Hall–Kier alpha value is -0.810. The second-order valence-electron chi connectivity index (χ2n) is 4.79. The van der Waals surface area contributed by atoms with Crippen LogP contribution in [0.15, 0.2) is 16.7 Å². The predicted molar refractivity (Wildman–Crippen MR) is 70.8 cm³/mol. The first-order valence-corrected chi connectivity index (χ1v) is 6.66. The largest absolute Gasteiger partial charge is 0.345 e. The molecule has 2 N–H and O–H groups in total. The van der Waals surface area contributed by atoms with Gasteiger partial charge in [0.2, 0.25) is 0 Å². The average Bonchev–Trinajstić information content (AvgIpc) is 2.57. The summed E-state index contributed by atoms with van der Waals surface area (Å²) in [4.78, 5) is 14.3. The van der Waals surface area contributed by atoms with Gasteiger partial charge in [0.25, 0.3) is 5.91 Å². The van der Waals surface area contributed by atoms with E-state index in [0.717, 1.165) is 29.6 Å². The van der Waals surface area contributed by atoms with Crippen molar-refractivity contribution in [3.8, 4) is 0 Å². The lowest BCUT2D eigenvalue weighted by Gasteiger charge is -2.36. The summed E-state index contributed by atoms with van der Waals surface area (Å²) in [6, 6.07) is 2.32. The van der Waals surface area contributed by atoms with E-state index >= 15 is 0 Å². The summed E-state index contributed by atoms with van der Waals surface area (Å²) in [6.07, 6.45) is 3.67. The summed E-state index contributed by atoms with van der Waals surface area (Å²) in [5, 5.41) is 0. The van der Waals surface area contributed by atoms with Gasteiger partial charge in [-0.05, 0) is 41.8 Å². The number of carbonyl (C=O) groups is 1. The molecule has 0 radical (unpaired) electrons. The fourth-order valence-corrected chi connectivity index (χ4v) is 2.92. The minimum Gasteiger partial charge on any atom is -0.345 e. The third-order valence-corrected chi connectivity index (χ3v) is 3.80. The van der Waals surface area contributed by atoms with Crippen LogP contribution in [0.1, 0.15) is 30.3 Å². The highest BCUT2D eigenvalue weighted by atomic mass is 79.9. The summed E-state index contributed by atoms with van der Waals surface area (Å²) >= 11 is 3.39. The van der Waals surface area contributed by atoms with Gasteiger partial charge in [-0.1, -0.05) is 0 Å². The molecule has 5 heteroatoms. The number of nitrogens with zero attached hydrogens (tertiary/aromatic N) is 2. The first kappa shape index (κ1) is 12.6. The van der Waals surface area contributed by atoms with E-state index in [9.17, 15) is 4.79 Å². The van der Waals surface area contributed by atoms with Crippen molar-refractivity contribution in [3.05, 3.63) is 22.4 Å². The molecule has 0 bridgehead atoms. The fourth-order valence-electron chi connectivity index (χ4n) is 2.39. The van der Waals surface area contributed by atoms with Crippen LogP contribution in [0.25, 0.3) is 0 Å². The zero-order valence-corrected chi connectivity index (χ0v) is 11.8. The van der Waals surface area contributed by atoms with Crippen LogP contribution in [0.2, 0.25) is 0 Å². The first-order chi connectivity index (χ1) is 7.99. The summed E-state index contributed by atoms with van der Waals surface area (Å²) in [5.74, 6) is 0.0950. The van der Waals surface area contributed by atoms with Crippen molar-refractivity contribution >= 4 is 21.8 Å². The molecule has 1 aromatic heterocycles. The van der Waals surface area contributed by atoms with E-state index in [1.54, 1.807) is 0 Å². The molecule has 1 amide bonds. The Morgan fingerprint density at radius 1 is 1.59 bits per heavy atom. The predicted octanol–water partition coefficient (Wildman–Crippen LogP) is 1.74. The number of halogens is 1. The maximum absolute atomic E-state index is 12.4. The van der Waals surface area contributed by atoms with Crippen LogP contribution in [-0.4, -0.2) is 34.0 Å². The molecule has 17 heavy (non-hydrogen) atoms. The minimum atomic E-state index is 0.0950. The zero-order valence-electron chi connectivity index (χ0n) is 10.2. The highest BCUT2D eigenvalue weighted by molar-refractivity contribution is 9.10. The first-order valence-electron chi connectivity index (χ1n) is 5.87. The molecule has 2 rings (SSSR count). The van der Waals surface area contributed by atoms with E-state index in [0.29, 0.717) is 0 Å². The van der Waals surface area contributed by atoms with Crippen molar-refractivity contribution in [2.24, 2.45) is 12.8 Å². The normalized spacial score (nSPS) is 25.1. The molecule has 0 aromatic carbocycles. The van der Waals surface area contributed by atoms with Crippen molar-refractivity contribution in [2.75, 3.05) is 6.54 Å². The molecule has 0 aliphatic carbocycles. The number of likely N-dealkylation sites (tertiary alicyclic amines) is 1. The Bertz CT molecular complexity index is 429. The topological polar surface area (TPSA) is 51.3 Å². The Labute approximate surface area is 110 Å². The number of aryl methyl sites for hydroxylation is 1. The van der Waals surface area contributed by atoms with E-state index in [1.165, 1.54) is 0 Å². The van der Waals surface area contributed by atoms with Gasteiger partial charge < -0.3 is 15.2 Å². The maximum atomic E-state index is 12.4. The molecule has 2 unspecified atom stereocenters. The van der Waals surface area contributed by atoms with Crippen LogP contribution < -0.4 is 5.73 Å². The average molecular weight is 300 g/mol. The molecule has 1 aliphatic rings. The minimum absolute atomic E-state index is 0.0950. The number of aromatic nitrogens is 1. The monoisotopic (exact) mass is 299 g/mol. The quantitative estimate of drug-likeness (QED) is 0.859. The Kier molecular flexibility index (Phi) is 3.58. The molecule has 94 valence electrons. The highest BCUT2D eigenvalue weighted by Crippen LogP contribution is 2.21. The van der Waals surface area contributed by atoms with Gasteiger partial charge in [-0.25, -0.2) is 0 Å². The number of nitrogens with two attached hydrogens (primary N) is 1. The van der Waals surface area contributed by atoms with Crippen molar-refractivity contribution in [3.63, 3.8) is 0 Å². The van der Waals surface area contributed by atoms with Crippen LogP contribution in [0.4, 0.5) is 0 Å². The Balaban J connectivity index is 2.17. The number of amides is 1. The van der Waals surface area contributed by atoms with Gasteiger partial charge >= 0.3 is 0 Å². The summed E-state index contributed by atoms with van der Waals surface area (Å²) in [6.45, 7) is 2.82. The Morgan fingerprint density at radius 3 is 2.82 bits per heavy atom. The molecule has 1 fully saturated rings. The fraction of sp³-hybridized carbons (Fsp3) is 0.583. The third-order valence-electron chi connectivity index (χ3n) is 3.37. The molecule has 0 saturated carbocycles. The van der Waals surface area contributed by atoms with E-state index in [1.807, 2.05) is 28.8 Å². The Morgan fingerprint density at radius 2 is 2.29 bits per heavy atom. The maximum Gasteiger partial charge on any atom is 0.270 e. The van der Waals surface area contributed by atoms with E-state index < -0.39 is 0 Å². The number of hydrogen-bond acceptors (Lipinski definition) is 2. The number of hydrogen-bond donors (Lipinski definition) is 1. The molecular weight excluding hydrogens is 282 g/mol. The highest BCUT2D eigenvalue weighted by Gasteiger charge is 2.28. The van der Waals surface area contributed by atoms with Crippen molar-refractivity contribution in [1.82, 2.24) is 9.47 Å². The van der Waals surface area contributed by atoms with Gasteiger partial charge in [0.15, 0.2) is 0 Å². The summed E-state index contributed by atoms with van der Waals surface area (Å²) < 4.78 is 2.79. The lowest BCUT2D eigenvalue weighted by Crippen LogP contribution is -2.48.